The van der Waals surface area contributed by atoms with Gasteiger partial charge < -0.3 is 9.66 Å². The first kappa shape index (κ1) is 23.1. The predicted molar refractivity (Wildman–Crippen MR) is 77.0 cm³/mol. The monoisotopic (exact) mass is 316 g/mol. The van der Waals surface area contributed by atoms with Gasteiger partial charge in [0.2, 0.25) is 0 Å². The molecule has 20 heavy (non-hydrogen) atoms. The molecular weight excluding hydrogens is 287 g/mol. The Morgan fingerprint density at radius 1 is 0.900 bits per heavy atom. The Bertz CT molecular complexity index is 294. The van der Waals surface area contributed by atoms with Crippen LogP contribution >= 0.6 is 0 Å². The van der Waals surface area contributed by atoms with Gasteiger partial charge in [0.15, 0.2) is 0 Å². The van der Waals surface area contributed by atoms with E-state index in [0.717, 1.165) is 38.5 Å². The molecule has 116 valence electrons. The minimum Gasteiger partial charge on any atom is -0.748 e. The first-order chi connectivity index (χ1) is 8.95. The van der Waals surface area contributed by atoms with Crippen molar-refractivity contribution in [3.8, 4) is 0 Å². The van der Waals surface area contributed by atoms with Crippen molar-refractivity contribution in [1.82, 2.24) is 0 Å². The van der Waals surface area contributed by atoms with Gasteiger partial charge in [0.1, 0.15) is 0 Å². The third-order valence-corrected chi connectivity index (χ3v) is 4.19. The molecule has 6 heteroatoms. The zero-order valence-corrected chi connectivity index (χ0v) is 16.0. The van der Waals surface area contributed by atoms with E-state index in [-0.39, 0.29) is 41.4 Å². The summed E-state index contributed by atoms with van der Waals surface area (Å²) in [5.74, 6) is -0.216. The van der Waals surface area contributed by atoms with Gasteiger partial charge in [-0.2, -0.15) is 0 Å². The first-order valence-corrected chi connectivity index (χ1v) is 9.15. The van der Waals surface area contributed by atoms with Crippen LogP contribution in [0.25, 0.3) is 0 Å². The van der Waals surface area contributed by atoms with E-state index in [1.54, 1.807) is 0 Å². The van der Waals surface area contributed by atoms with E-state index in [1.807, 2.05) is 6.92 Å². The van der Waals surface area contributed by atoms with E-state index in [1.165, 1.54) is 25.7 Å². The number of hydrogen-bond acceptors (Lipinski definition) is 4. The molecule has 1 unspecified atom stereocenters. The standard InChI is InChI=1S/C14H30O4S.Na/c1-2-14(15)12-10-8-6-4-3-5-7-9-11-13-19(16,17)18;/h14-15H,2-13H2,1H3,(H,16,17,18);/q;+1/p-1. The van der Waals surface area contributed by atoms with Crippen molar-refractivity contribution < 1.29 is 47.6 Å². The Labute approximate surface area is 146 Å². The maximum Gasteiger partial charge on any atom is 1.00 e. The summed E-state index contributed by atoms with van der Waals surface area (Å²) in [4.78, 5) is 0. The Hall–Kier alpha value is 0.870. The molecule has 0 amide bonds. The van der Waals surface area contributed by atoms with Gasteiger partial charge in [-0.3, -0.25) is 0 Å². The van der Waals surface area contributed by atoms with Gasteiger partial charge in [-0.25, -0.2) is 8.42 Å². The van der Waals surface area contributed by atoms with E-state index >= 15 is 0 Å². The van der Waals surface area contributed by atoms with Gasteiger partial charge in [0.25, 0.3) is 0 Å². The fraction of sp³-hybridized carbons (Fsp3) is 1.00. The van der Waals surface area contributed by atoms with Gasteiger partial charge in [-0.1, -0.05) is 58.3 Å². The molecule has 0 rings (SSSR count). The summed E-state index contributed by atoms with van der Waals surface area (Å²) >= 11 is 0. The fourth-order valence-electron chi connectivity index (χ4n) is 2.10. The van der Waals surface area contributed by atoms with Crippen LogP contribution in [0.1, 0.15) is 77.6 Å². The van der Waals surface area contributed by atoms with E-state index in [0.29, 0.717) is 6.42 Å². The molecule has 0 spiro atoms. The molecule has 0 fully saturated rings. The second kappa shape index (κ2) is 14.8. The number of aliphatic hydroxyl groups excluding tert-OH is 1. The van der Waals surface area contributed by atoms with Crippen molar-refractivity contribution in [1.29, 1.82) is 0 Å². The third kappa shape index (κ3) is 18.9. The minimum absolute atomic E-state index is 0. The van der Waals surface area contributed by atoms with E-state index in [4.69, 9.17) is 0 Å². The smallest absolute Gasteiger partial charge is 0.748 e. The Morgan fingerprint density at radius 2 is 1.30 bits per heavy atom. The van der Waals surface area contributed by atoms with Gasteiger partial charge in [-0.05, 0) is 19.3 Å². The molecule has 0 radical (unpaired) electrons. The molecule has 0 aliphatic carbocycles. The second-order valence-electron chi connectivity index (χ2n) is 5.29. The Balaban J connectivity index is 0. The van der Waals surface area contributed by atoms with Crippen LogP contribution in [-0.2, 0) is 10.1 Å². The summed E-state index contributed by atoms with van der Waals surface area (Å²) in [6.45, 7) is 2.00. The molecule has 0 aromatic carbocycles. The predicted octanol–water partition coefficient (Wildman–Crippen LogP) is 0.208. The van der Waals surface area contributed by atoms with Crippen LogP contribution in [-0.4, -0.2) is 29.9 Å². The zero-order valence-electron chi connectivity index (χ0n) is 13.1. The Morgan fingerprint density at radius 3 is 1.70 bits per heavy atom. The molecule has 1 N–H and O–H groups in total. The molecule has 0 aliphatic heterocycles. The van der Waals surface area contributed by atoms with Crippen molar-refractivity contribution in [2.45, 2.75) is 83.7 Å². The molecule has 4 nitrogen and oxygen atoms in total. The number of aliphatic hydroxyl groups is 1. The summed E-state index contributed by atoms with van der Waals surface area (Å²) in [7, 11) is -4.01. The number of rotatable bonds is 13. The van der Waals surface area contributed by atoms with E-state index in [9.17, 15) is 18.1 Å². The van der Waals surface area contributed by atoms with Crippen LogP contribution in [0.2, 0.25) is 0 Å². The molecule has 0 heterocycles. The second-order valence-corrected chi connectivity index (χ2v) is 6.82. The molecule has 0 aromatic heterocycles. The topological polar surface area (TPSA) is 77.4 Å². The normalized spacial score (nSPS) is 12.9. The van der Waals surface area contributed by atoms with Crippen LogP contribution in [0.3, 0.4) is 0 Å². The summed E-state index contributed by atoms with van der Waals surface area (Å²) < 4.78 is 31.1. The van der Waals surface area contributed by atoms with Crippen LogP contribution in [0, 0.1) is 0 Å². The van der Waals surface area contributed by atoms with Crippen LogP contribution in [0.4, 0.5) is 0 Å². The first-order valence-electron chi connectivity index (χ1n) is 7.57. The van der Waals surface area contributed by atoms with Gasteiger partial charge in [-0.15, -0.1) is 0 Å². The van der Waals surface area contributed by atoms with E-state index < -0.39 is 10.1 Å². The molecule has 0 aromatic rings. The van der Waals surface area contributed by atoms with Crippen molar-refractivity contribution in [2.24, 2.45) is 0 Å². The van der Waals surface area contributed by atoms with Gasteiger partial charge >= 0.3 is 29.6 Å². The third-order valence-electron chi connectivity index (χ3n) is 3.40. The maximum absolute atomic E-state index is 10.4. The number of unbranched alkanes of at least 4 members (excludes halogenated alkanes) is 8. The zero-order chi connectivity index (χ0) is 14.6. The largest absolute Gasteiger partial charge is 1.00 e. The molecule has 0 bridgehead atoms. The van der Waals surface area contributed by atoms with Crippen LogP contribution < -0.4 is 29.6 Å². The average molecular weight is 316 g/mol. The average Bonchev–Trinajstić information content (AvgIpc) is 2.34. The fourth-order valence-corrected chi connectivity index (χ4v) is 2.66. The van der Waals surface area contributed by atoms with Crippen molar-refractivity contribution in [3.05, 3.63) is 0 Å². The molecule has 0 aliphatic rings. The molecule has 0 saturated heterocycles. The van der Waals surface area contributed by atoms with E-state index in [2.05, 4.69) is 0 Å². The van der Waals surface area contributed by atoms with Crippen molar-refractivity contribution in [3.63, 3.8) is 0 Å². The SMILES string of the molecule is CCC(O)CCCCCCCCCCCS(=O)(=O)[O-].[Na+]. The quantitative estimate of drug-likeness (QED) is 0.299. The van der Waals surface area contributed by atoms with Crippen molar-refractivity contribution in [2.75, 3.05) is 5.75 Å². The molecule has 1 atom stereocenters. The van der Waals surface area contributed by atoms with Crippen LogP contribution in [0.15, 0.2) is 0 Å². The summed E-state index contributed by atoms with van der Waals surface area (Å²) in [5, 5.41) is 9.37. The summed E-state index contributed by atoms with van der Waals surface area (Å²) in [6.07, 6.45) is 11.0. The van der Waals surface area contributed by atoms with Crippen molar-refractivity contribution >= 4 is 10.1 Å². The summed E-state index contributed by atoms with van der Waals surface area (Å²) in [5.41, 5.74) is 0. The van der Waals surface area contributed by atoms with Gasteiger partial charge in [0, 0.05) is 5.75 Å². The maximum atomic E-state index is 10.4. The minimum atomic E-state index is -4.01. The number of hydrogen-bond donors (Lipinski definition) is 1. The summed E-state index contributed by atoms with van der Waals surface area (Å²) in [6, 6.07) is 0. The molecule has 0 saturated carbocycles. The Kier molecular flexibility index (Phi) is 17.1. The van der Waals surface area contributed by atoms with Crippen LogP contribution in [0.5, 0.6) is 0 Å². The molecular formula is C14H29NaO4S. The van der Waals surface area contributed by atoms with Gasteiger partial charge in [0.05, 0.1) is 16.2 Å².